The molecular weight excluding hydrogens is 490 g/mol. The van der Waals surface area contributed by atoms with Crippen molar-refractivity contribution in [3.8, 4) is 5.75 Å². The molecule has 0 saturated carbocycles. The maximum Gasteiger partial charge on any atom is 0.326 e. The van der Waals surface area contributed by atoms with Crippen LogP contribution in [0.15, 0.2) is 26.0 Å². The third kappa shape index (κ3) is 4.89. The van der Waals surface area contributed by atoms with Gasteiger partial charge in [-0.1, -0.05) is 22.9 Å². The van der Waals surface area contributed by atoms with Crippen molar-refractivity contribution >= 4 is 66.8 Å². The smallest absolute Gasteiger partial charge is 0.326 e. The van der Waals surface area contributed by atoms with Crippen LogP contribution >= 0.6 is 43.6 Å². The number of halogens is 2. The van der Waals surface area contributed by atoms with Gasteiger partial charge in [-0.25, -0.2) is 0 Å². The molecule has 0 aliphatic carbocycles. The highest BCUT2D eigenvalue weighted by Gasteiger charge is 2.37. The minimum atomic E-state index is -0.606. The number of hydrogen-bond donors (Lipinski definition) is 0. The van der Waals surface area contributed by atoms with Crippen molar-refractivity contribution in [3.63, 3.8) is 0 Å². The second-order valence-electron chi connectivity index (χ2n) is 5.49. The van der Waals surface area contributed by atoms with Gasteiger partial charge in [0, 0.05) is 10.0 Å². The maximum absolute atomic E-state index is 12.5. The zero-order valence-electron chi connectivity index (χ0n) is 14.4. The Balaban J connectivity index is 2.23. The van der Waals surface area contributed by atoms with Crippen LogP contribution in [0, 0.1) is 0 Å². The molecule has 1 aliphatic heterocycles. The number of benzene rings is 1. The number of imide groups is 1. The average molecular weight is 507 g/mol. The van der Waals surface area contributed by atoms with Crippen molar-refractivity contribution in [1.29, 1.82) is 0 Å². The quantitative estimate of drug-likeness (QED) is 0.414. The normalized spacial score (nSPS) is 17.0. The van der Waals surface area contributed by atoms with Gasteiger partial charge in [-0.3, -0.25) is 19.3 Å². The molecule has 140 valence electrons. The Hall–Kier alpha value is -1.32. The maximum atomic E-state index is 12.5. The minimum Gasteiger partial charge on any atom is -0.495 e. The number of amides is 2. The molecule has 0 radical (unpaired) electrons. The van der Waals surface area contributed by atoms with E-state index in [0.29, 0.717) is 22.2 Å². The van der Waals surface area contributed by atoms with Crippen molar-refractivity contribution < 1.29 is 23.9 Å². The van der Waals surface area contributed by atoms with Gasteiger partial charge in [0.15, 0.2) is 0 Å². The van der Waals surface area contributed by atoms with Crippen molar-refractivity contribution in [2.75, 3.05) is 13.7 Å². The number of carbonyl (C=O) groups excluding carboxylic acids is 3. The Kier molecular flexibility index (Phi) is 7.31. The molecule has 1 heterocycles. The van der Waals surface area contributed by atoms with Crippen LogP contribution in [-0.4, -0.2) is 41.8 Å². The molecule has 1 aliphatic rings. The van der Waals surface area contributed by atoms with E-state index >= 15 is 0 Å². The van der Waals surface area contributed by atoms with Gasteiger partial charge in [0.2, 0.25) is 0 Å². The Morgan fingerprint density at radius 3 is 2.65 bits per heavy atom. The highest BCUT2D eigenvalue weighted by Crippen LogP contribution is 2.38. The summed E-state index contributed by atoms with van der Waals surface area (Å²) in [5.74, 6) is -0.596. The molecule has 0 aromatic heterocycles. The van der Waals surface area contributed by atoms with E-state index in [2.05, 4.69) is 31.9 Å². The lowest BCUT2D eigenvalue weighted by molar-refractivity contribution is -0.150. The molecule has 2 amide bonds. The SMILES string of the molecule is CC[C@H](C)OC(=O)CN1C(=O)S/C(=C/c2cc(Br)cc(Br)c2OC)C1=O. The van der Waals surface area contributed by atoms with Gasteiger partial charge < -0.3 is 9.47 Å². The molecule has 6 nitrogen and oxygen atoms in total. The molecule has 0 unspecified atom stereocenters. The summed E-state index contributed by atoms with van der Waals surface area (Å²) >= 11 is 7.55. The van der Waals surface area contributed by atoms with E-state index in [0.717, 1.165) is 21.1 Å². The van der Waals surface area contributed by atoms with E-state index in [1.807, 2.05) is 13.0 Å². The molecule has 1 atom stereocenters. The van der Waals surface area contributed by atoms with Crippen LogP contribution in [0.25, 0.3) is 6.08 Å². The Labute approximate surface area is 172 Å². The fourth-order valence-electron chi connectivity index (χ4n) is 2.15. The molecule has 1 aromatic rings. The van der Waals surface area contributed by atoms with Gasteiger partial charge >= 0.3 is 5.97 Å². The Bertz CT molecular complexity index is 781. The van der Waals surface area contributed by atoms with Crippen LogP contribution in [0.2, 0.25) is 0 Å². The predicted molar refractivity (Wildman–Crippen MR) is 107 cm³/mol. The Morgan fingerprint density at radius 2 is 2.04 bits per heavy atom. The van der Waals surface area contributed by atoms with Crippen LogP contribution in [0.3, 0.4) is 0 Å². The zero-order chi connectivity index (χ0) is 19.4. The average Bonchev–Trinajstić information content (AvgIpc) is 2.82. The van der Waals surface area contributed by atoms with E-state index < -0.39 is 23.7 Å². The summed E-state index contributed by atoms with van der Waals surface area (Å²) in [6.45, 7) is 3.24. The second kappa shape index (κ2) is 9.05. The summed E-state index contributed by atoms with van der Waals surface area (Å²) in [4.78, 5) is 37.7. The summed E-state index contributed by atoms with van der Waals surface area (Å²) in [6.07, 6.45) is 1.96. The molecule has 0 N–H and O–H groups in total. The molecule has 2 rings (SSSR count). The number of ether oxygens (including phenoxy) is 2. The molecular formula is C17H17Br2NO5S. The first-order valence-corrected chi connectivity index (χ1v) is 10.1. The van der Waals surface area contributed by atoms with Gasteiger partial charge in [0.1, 0.15) is 12.3 Å². The second-order valence-corrected chi connectivity index (χ2v) is 8.25. The first kappa shape index (κ1) is 21.0. The number of esters is 1. The molecule has 1 fully saturated rings. The van der Waals surface area contributed by atoms with Crippen LogP contribution in [0.4, 0.5) is 4.79 Å². The van der Waals surface area contributed by atoms with Crippen LogP contribution < -0.4 is 4.74 Å². The van der Waals surface area contributed by atoms with Crippen LogP contribution in [0.5, 0.6) is 5.75 Å². The number of hydrogen-bond acceptors (Lipinski definition) is 6. The lowest BCUT2D eigenvalue weighted by atomic mass is 10.2. The molecule has 0 spiro atoms. The van der Waals surface area contributed by atoms with Crippen molar-refractivity contribution in [2.45, 2.75) is 26.4 Å². The molecule has 0 bridgehead atoms. The number of carbonyl (C=O) groups is 3. The van der Waals surface area contributed by atoms with Crippen molar-refractivity contribution in [3.05, 3.63) is 31.5 Å². The first-order chi connectivity index (χ1) is 12.3. The van der Waals surface area contributed by atoms with Crippen molar-refractivity contribution in [1.82, 2.24) is 4.90 Å². The third-order valence-corrected chi connectivity index (χ3v) is 5.55. The number of rotatable bonds is 6. The van der Waals surface area contributed by atoms with Gasteiger partial charge in [0.05, 0.1) is 22.6 Å². The minimum absolute atomic E-state index is 0.217. The number of thioether (sulfide) groups is 1. The molecule has 26 heavy (non-hydrogen) atoms. The Morgan fingerprint density at radius 1 is 1.35 bits per heavy atom. The van der Waals surface area contributed by atoms with Crippen molar-refractivity contribution in [2.24, 2.45) is 0 Å². The van der Waals surface area contributed by atoms with E-state index in [4.69, 9.17) is 9.47 Å². The van der Waals surface area contributed by atoms with Crippen LogP contribution in [0.1, 0.15) is 25.8 Å². The molecule has 1 aromatic carbocycles. The molecule has 9 heteroatoms. The largest absolute Gasteiger partial charge is 0.495 e. The lowest BCUT2D eigenvalue weighted by Crippen LogP contribution is -2.35. The van der Waals surface area contributed by atoms with Gasteiger partial charge in [0.25, 0.3) is 11.1 Å². The highest BCUT2D eigenvalue weighted by atomic mass is 79.9. The molecule has 1 saturated heterocycles. The number of methoxy groups -OCH3 is 1. The summed E-state index contributed by atoms with van der Waals surface area (Å²) < 4.78 is 12.0. The fraction of sp³-hybridized carbons (Fsp3) is 0.353. The highest BCUT2D eigenvalue weighted by molar-refractivity contribution is 9.11. The monoisotopic (exact) mass is 505 g/mol. The van der Waals surface area contributed by atoms with Crippen LogP contribution in [-0.2, 0) is 14.3 Å². The summed E-state index contributed by atoms with van der Waals surface area (Å²) in [5, 5.41) is -0.504. The summed E-state index contributed by atoms with van der Waals surface area (Å²) in [6, 6.07) is 3.58. The van der Waals surface area contributed by atoms with E-state index in [1.54, 1.807) is 19.1 Å². The number of nitrogens with zero attached hydrogens (tertiary/aromatic N) is 1. The first-order valence-electron chi connectivity index (χ1n) is 7.74. The summed E-state index contributed by atoms with van der Waals surface area (Å²) in [5.41, 5.74) is 0.626. The van der Waals surface area contributed by atoms with E-state index in [1.165, 1.54) is 7.11 Å². The van der Waals surface area contributed by atoms with Gasteiger partial charge in [-0.2, -0.15) is 0 Å². The van der Waals surface area contributed by atoms with Gasteiger partial charge in [-0.15, -0.1) is 0 Å². The van der Waals surface area contributed by atoms with E-state index in [-0.39, 0.29) is 11.0 Å². The third-order valence-electron chi connectivity index (χ3n) is 3.60. The topological polar surface area (TPSA) is 72.9 Å². The van der Waals surface area contributed by atoms with E-state index in [9.17, 15) is 14.4 Å². The lowest BCUT2D eigenvalue weighted by Gasteiger charge is -2.15. The zero-order valence-corrected chi connectivity index (χ0v) is 18.4. The standard InChI is InChI=1S/C17H17Br2NO5S/c1-4-9(2)25-14(21)8-20-16(22)13(26-17(20)23)6-10-5-11(18)7-12(19)15(10)24-3/h5-7,9H,4,8H2,1-3H3/b13-6+/t9-/m0/s1. The summed E-state index contributed by atoms with van der Waals surface area (Å²) in [7, 11) is 1.52. The van der Waals surface area contributed by atoms with Gasteiger partial charge in [-0.05, 0) is 59.2 Å². The fourth-order valence-corrected chi connectivity index (χ4v) is 4.40. The predicted octanol–water partition coefficient (Wildman–Crippen LogP) is 4.60.